The highest BCUT2D eigenvalue weighted by atomic mass is 127. The molecule has 0 radical (unpaired) electrons. The average Bonchev–Trinajstić information content (AvgIpc) is 2.48. The highest BCUT2D eigenvalue weighted by molar-refractivity contribution is 14.1. The molecule has 0 saturated carbocycles. The molecule has 0 bridgehead atoms. The van der Waals surface area contributed by atoms with Gasteiger partial charge in [-0.1, -0.05) is 0 Å². The first-order chi connectivity index (χ1) is 6.66. The summed E-state index contributed by atoms with van der Waals surface area (Å²) in [5.41, 5.74) is 0.547. The standard InChI is InChI=1S/C8H9IN4O/c1-13-7(9)6(5-12-13)8(14)11-4-2-3-10/h5H,2,4H2,1H3,(H,11,14). The Hall–Kier alpha value is -1.10. The summed E-state index contributed by atoms with van der Waals surface area (Å²) in [6.45, 7) is 0.375. The zero-order valence-electron chi connectivity index (χ0n) is 7.62. The van der Waals surface area contributed by atoms with E-state index in [9.17, 15) is 4.79 Å². The third kappa shape index (κ3) is 2.45. The van der Waals surface area contributed by atoms with Crippen LogP contribution in [0.4, 0.5) is 0 Å². The van der Waals surface area contributed by atoms with E-state index >= 15 is 0 Å². The van der Waals surface area contributed by atoms with Crippen LogP contribution in [0.1, 0.15) is 16.8 Å². The van der Waals surface area contributed by atoms with E-state index in [0.717, 1.165) is 3.70 Å². The molecule has 0 spiro atoms. The van der Waals surface area contributed by atoms with E-state index in [1.54, 1.807) is 11.7 Å². The Morgan fingerprint density at radius 2 is 2.57 bits per heavy atom. The van der Waals surface area contributed by atoms with Crippen LogP contribution >= 0.6 is 22.6 Å². The summed E-state index contributed by atoms with van der Waals surface area (Å²) >= 11 is 2.05. The van der Waals surface area contributed by atoms with Gasteiger partial charge in [0.25, 0.3) is 5.91 Å². The molecule has 0 aromatic carbocycles. The Balaban J connectivity index is 2.62. The van der Waals surface area contributed by atoms with Gasteiger partial charge in [-0.3, -0.25) is 9.48 Å². The zero-order chi connectivity index (χ0) is 10.6. The number of aryl methyl sites for hydroxylation is 1. The summed E-state index contributed by atoms with van der Waals surface area (Å²) in [5.74, 6) is -0.183. The van der Waals surface area contributed by atoms with Gasteiger partial charge in [0, 0.05) is 13.6 Å². The van der Waals surface area contributed by atoms with Crippen molar-refractivity contribution in [2.45, 2.75) is 6.42 Å². The summed E-state index contributed by atoms with van der Waals surface area (Å²) in [7, 11) is 1.77. The van der Waals surface area contributed by atoms with Gasteiger partial charge in [0.15, 0.2) is 0 Å². The molecule has 0 atom stereocenters. The Labute approximate surface area is 95.2 Å². The SMILES string of the molecule is Cn1ncc(C(=O)NCCC#N)c1I. The zero-order valence-corrected chi connectivity index (χ0v) is 9.78. The van der Waals surface area contributed by atoms with Crippen LogP contribution in [-0.2, 0) is 7.05 Å². The molecule has 1 aromatic heterocycles. The first-order valence-corrected chi connectivity index (χ1v) is 5.07. The lowest BCUT2D eigenvalue weighted by molar-refractivity contribution is 0.0953. The fourth-order valence-electron chi connectivity index (χ4n) is 0.902. The second-order valence-electron chi connectivity index (χ2n) is 2.64. The minimum Gasteiger partial charge on any atom is -0.351 e. The number of carbonyl (C=O) groups is 1. The predicted molar refractivity (Wildman–Crippen MR) is 58.5 cm³/mol. The maximum absolute atomic E-state index is 11.5. The molecular formula is C8H9IN4O. The first kappa shape index (κ1) is 11.0. The highest BCUT2D eigenvalue weighted by Crippen LogP contribution is 2.09. The van der Waals surface area contributed by atoms with Crippen molar-refractivity contribution >= 4 is 28.5 Å². The van der Waals surface area contributed by atoms with Gasteiger partial charge in [-0.05, 0) is 22.6 Å². The molecule has 14 heavy (non-hydrogen) atoms. The minimum absolute atomic E-state index is 0.183. The number of rotatable bonds is 3. The molecule has 0 aliphatic heterocycles. The predicted octanol–water partition coefficient (Wildman–Crippen LogP) is 0.668. The minimum atomic E-state index is -0.183. The van der Waals surface area contributed by atoms with Crippen LogP contribution in [-0.4, -0.2) is 22.2 Å². The van der Waals surface area contributed by atoms with Gasteiger partial charge in [-0.15, -0.1) is 0 Å². The molecule has 0 fully saturated rings. The molecule has 1 N–H and O–H groups in total. The third-order valence-corrected chi connectivity index (χ3v) is 2.91. The van der Waals surface area contributed by atoms with Crippen LogP contribution in [0.5, 0.6) is 0 Å². The Morgan fingerprint density at radius 3 is 3.07 bits per heavy atom. The monoisotopic (exact) mass is 304 g/mol. The van der Waals surface area contributed by atoms with Gasteiger partial charge in [-0.25, -0.2) is 0 Å². The van der Waals surface area contributed by atoms with Crippen molar-refractivity contribution in [1.29, 1.82) is 5.26 Å². The van der Waals surface area contributed by atoms with Crippen LogP contribution in [0, 0.1) is 15.0 Å². The first-order valence-electron chi connectivity index (χ1n) is 3.99. The van der Waals surface area contributed by atoms with E-state index in [-0.39, 0.29) is 5.91 Å². The smallest absolute Gasteiger partial charge is 0.255 e. The average molecular weight is 304 g/mol. The third-order valence-electron chi connectivity index (χ3n) is 1.63. The van der Waals surface area contributed by atoms with Crippen molar-refractivity contribution in [1.82, 2.24) is 15.1 Å². The lowest BCUT2D eigenvalue weighted by atomic mass is 10.3. The topological polar surface area (TPSA) is 70.7 Å². The van der Waals surface area contributed by atoms with Crippen molar-refractivity contribution < 1.29 is 4.79 Å². The molecule has 0 saturated heterocycles. The molecule has 1 aromatic rings. The van der Waals surface area contributed by atoms with Crippen LogP contribution in [0.2, 0.25) is 0 Å². The summed E-state index contributed by atoms with van der Waals surface area (Å²) in [5, 5.41) is 14.9. The van der Waals surface area contributed by atoms with E-state index in [2.05, 4.69) is 33.0 Å². The lowest BCUT2D eigenvalue weighted by Gasteiger charge is -2.00. The van der Waals surface area contributed by atoms with Gasteiger partial charge in [0.2, 0.25) is 0 Å². The van der Waals surface area contributed by atoms with Gasteiger partial charge < -0.3 is 5.32 Å². The van der Waals surface area contributed by atoms with Gasteiger partial charge in [0.05, 0.1) is 24.3 Å². The van der Waals surface area contributed by atoms with Gasteiger partial charge in [0.1, 0.15) is 3.70 Å². The van der Waals surface area contributed by atoms with Gasteiger partial charge in [-0.2, -0.15) is 10.4 Å². The quantitative estimate of drug-likeness (QED) is 0.659. The van der Waals surface area contributed by atoms with Gasteiger partial charge >= 0.3 is 0 Å². The van der Waals surface area contributed by atoms with Crippen molar-refractivity contribution in [3.8, 4) is 6.07 Å². The number of nitrogens with zero attached hydrogens (tertiary/aromatic N) is 3. The maximum atomic E-state index is 11.5. The molecule has 5 nitrogen and oxygen atoms in total. The van der Waals surface area contributed by atoms with Crippen molar-refractivity contribution in [2.75, 3.05) is 6.54 Å². The van der Waals surface area contributed by atoms with Crippen LogP contribution in [0.25, 0.3) is 0 Å². The number of carbonyl (C=O) groups excluding carboxylic acids is 1. The summed E-state index contributed by atoms with van der Waals surface area (Å²) < 4.78 is 2.41. The Morgan fingerprint density at radius 1 is 1.86 bits per heavy atom. The van der Waals surface area contributed by atoms with E-state index < -0.39 is 0 Å². The maximum Gasteiger partial charge on any atom is 0.255 e. The number of nitriles is 1. The molecule has 1 amide bonds. The number of halogens is 1. The molecule has 0 aliphatic rings. The van der Waals surface area contributed by atoms with Crippen molar-refractivity contribution in [2.24, 2.45) is 7.05 Å². The lowest BCUT2D eigenvalue weighted by Crippen LogP contribution is -2.24. The Bertz CT molecular complexity index is 379. The Kier molecular flexibility index (Phi) is 3.88. The van der Waals surface area contributed by atoms with E-state index in [0.29, 0.717) is 18.5 Å². The molecular weight excluding hydrogens is 295 g/mol. The molecule has 1 heterocycles. The van der Waals surface area contributed by atoms with E-state index in [1.165, 1.54) is 6.20 Å². The van der Waals surface area contributed by atoms with Crippen molar-refractivity contribution in [3.63, 3.8) is 0 Å². The molecule has 0 aliphatic carbocycles. The van der Waals surface area contributed by atoms with Crippen LogP contribution < -0.4 is 5.32 Å². The normalized spacial score (nSPS) is 9.50. The summed E-state index contributed by atoms with van der Waals surface area (Å²) in [6.07, 6.45) is 1.84. The second kappa shape index (κ2) is 4.95. The fourth-order valence-corrected chi connectivity index (χ4v) is 1.41. The summed E-state index contributed by atoms with van der Waals surface area (Å²) in [4.78, 5) is 11.5. The van der Waals surface area contributed by atoms with Crippen molar-refractivity contribution in [3.05, 3.63) is 15.5 Å². The number of hydrogen-bond donors (Lipinski definition) is 1. The van der Waals surface area contributed by atoms with E-state index in [4.69, 9.17) is 5.26 Å². The molecule has 1 rings (SSSR count). The number of nitrogens with one attached hydrogen (secondary N) is 1. The number of aromatic nitrogens is 2. The van der Waals surface area contributed by atoms with E-state index in [1.807, 2.05) is 6.07 Å². The highest BCUT2D eigenvalue weighted by Gasteiger charge is 2.12. The molecule has 6 heteroatoms. The molecule has 74 valence electrons. The molecule has 0 unspecified atom stereocenters. The number of amides is 1. The second-order valence-corrected chi connectivity index (χ2v) is 3.66. The van der Waals surface area contributed by atoms with Crippen LogP contribution in [0.3, 0.4) is 0 Å². The largest absolute Gasteiger partial charge is 0.351 e. The fraction of sp³-hybridized carbons (Fsp3) is 0.375. The van der Waals surface area contributed by atoms with Crippen LogP contribution in [0.15, 0.2) is 6.20 Å². The summed E-state index contributed by atoms with van der Waals surface area (Å²) in [6, 6.07) is 1.96. The number of hydrogen-bond acceptors (Lipinski definition) is 3.